The highest BCUT2D eigenvalue weighted by molar-refractivity contribution is 5.56. The number of imidazole rings is 1. The third-order valence-corrected chi connectivity index (χ3v) is 2.72. The van der Waals surface area contributed by atoms with E-state index in [2.05, 4.69) is 4.98 Å². The Morgan fingerprint density at radius 1 is 1.53 bits per heavy atom. The first-order chi connectivity index (χ1) is 9.17. The Morgan fingerprint density at radius 3 is 2.95 bits per heavy atom. The van der Waals surface area contributed by atoms with Gasteiger partial charge in [0.2, 0.25) is 0 Å². The van der Waals surface area contributed by atoms with Gasteiger partial charge in [-0.2, -0.15) is 0 Å². The zero-order valence-electron chi connectivity index (χ0n) is 10.4. The van der Waals surface area contributed by atoms with Gasteiger partial charge >= 0.3 is 0 Å². The molecule has 0 amide bonds. The number of rotatable bonds is 5. The van der Waals surface area contributed by atoms with Crippen molar-refractivity contribution >= 4 is 5.69 Å². The average Bonchev–Trinajstić information content (AvgIpc) is 2.86. The Bertz CT molecular complexity index is 594. The van der Waals surface area contributed by atoms with Gasteiger partial charge in [-0.05, 0) is 12.6 Å². The molecule has 7 heteroatoms. The average molecular weight is 262 g/mol. The summed E-state index contributed by atoms with van der Waals surface area (Å²) in [6, 6.07) is 4.58. The van der Waals surface area contributed by atoms with E-state index in [4.69, 9.17) is 10.5 Å². The molecule has 0 aliphatic carbocycles. The van der Waals surface area contributed by atoms with Gasteiger partial charge in [0, 0.05) is 30.9 Å². The van der Waals surface area contributed by atoms with E-state index >= 15 is 0 Å². The summed E-state index contributed by atoms with van der Waals surface area (Å²) in [6.07, 6.45) is 3.81. The number of aromatic nitrogens is 2. The van der Waals surface area contributed by atoms with Crippen LogP contribution in [0.2, 0.25) is 0 Å². The molecule has 0 atom stereocenters. The Balaban J connectivity index is 2.58. The van der Waals surface area contributed by atoms with Gasteiger partial charge in [0.15, 0.2) is 0 Å². The Morgan fingerprint density at radius 2 is 2.32 bits per heavy atom. The molecule has 7 nitrogen and oxygen atoms in total. The first kappa shape index (κ1) is 13.0. The first-order valence-corrected chi connectivity index (χ1v) is 5.72. The molecule has 1 aromatic heterocycles. The van der Waals surface area contributed by atoms with Crippen molar-refractivity contribution in [3.8, 4) is 11.4 Å². The van der Waals surface area contributed by atoms with Gasteiger partial charge in [0.05, 0.1) is 12.0 Å². The maximum Gasteiger partial charge on any atom is 0.293 e. The summed E-state index contributed by atoms with van der Waals surface area (Å²) in [4.78, 5) is 14.8. The lowest BCUT2D eigenvalue weighted by Crippen LogP contribution is -2.10. The number of benzene rings is 1. The second-order valence-corrected chi connectivity index (χ2v) is 3.86. The number of hydrogen-bond donors (Lipinski definition) is 1. The lowest BCUT2D eigenvalue weighted by molar-refractivity contribution is -0.384. The summed E-state index contributed by atoms with van der Waals surface area (Å²) in [6.45, 7) is 0.425. The minimum atomic E-state index is -0.430. The van der Waals surface area contributed by atoms with E-state index in [1.54, 1.807) is 29.1 Å². The van der Waals surface area contributed by atoms with Gasteiger partial charge < -0.3 is 10.5 Å². The van der Waals surface area contributed by atoms with Gasteiger partial charge in [-0.3, -0.25) is 14.7 Å². The van der Waals surface area contributed by atoms with Crippen LogP contribution < -0.4 is 10.5 Å². The van der Waals surface area contributed by atoms with Crippen molar-refractivity contribution in [3.63, 3.8) is 0 Å². The Kier molecular flexibility index (Phi) is 3.76. The van der Waals surface area contributed by atoms with Crippen molar-refractivity contribution in [2.24, 2.45) is 5.73 Å². The van der Waals surface area contributed by atoms with Gasteiger partial charge in [-0.25, -0.2) is 4.98 Å². The number of nitro groups is 1. The van der Waals surface area contributed by atoms with Gasteiger partial charge in [0.1, 0.15) is 17.3 Å². The van der Waals surface area contributed by atoms with Gasteiger partial charge in [-0.15, -0.1) is 0 Å². The van der Waals surface area contributed by atoms with Crippen molar-refractivity contribution in [1.82, 2.24) is 9.55 Å². The highest BCUT2D eigenvalue weighted by Crippen LogP contribution is 2.28. The minimum Gasteiger partial charge on any atom is -0.497 e. The van der Waals surface area contributed by atoms with E-state index < -0.39 is 4.92 Å². The third-order valence-electron chi connectivity index (χ3n) is 2.72. The van der Waals surface area contributed by atoms with Crippen LogP contribution in [-0.2, 0) is 6.42 Å². The van der Waals surface area contributed by atoms with Crippen LogP contribution >= 0.6 is 0 Å². The summed E-state index contributed by atoms with van der Waals surface area (Å²) in [5.41, 5.74) is 5.93. The van der Waals surface area contributed by atoms with Crippen LogP contribution in [0.15, 0.2) is 30.6 Å². The molecular formula is C12H14N4O3. The number of nitrogens with zero attached hydrogens (tertiary/aromatic N) is 3. The smallest absolute Gasteiger partial charge is 0.293 e. The highest BCUT2D eigenvalue weighted by atomic mass is 16.6. The molecule has 1 heterocycles. The third kappa shape index (κ3) is 2.55. The molecule has 0 saturated carbocycles. The molecule has 19 heavy (non-hydrogen) atoms. The van der Waals surface area contributed by atoms with Gasteiger partial charge in [0.25, 0.3) is 5.69 Å². The number of nitro benzene ring substituents is 1. The van der Waals surface area contributed by atoms with Crippen molar-refractivity contribution in [3.05, 3.63) is 46.5 Å². The quantitative estimate of drug-likeness (QED) is 0.647. The van der Waals surface area contributed by atoms with E-state index in [0.29, 0.717) is 30.2 Å². The number of methoxy groups -OCH3 is 1. The molecule has 0 saturated heterocycles. The SMILES string of the molecule is COc1ccc([N+](=O)[O-])c(-n2ccnc2CCN)c1. The molecule has 0 aliphatic rings. The van der Waals surface area contributed by atoms with E-state index in [-0.39, 0.29) is 5.69 Å². The van der Waals surface area contributed by atoms with Crippen LogP contribution in [0.1, 0.15) is 5.82 Å². The molecular weight excluding hydrogens is 248 g/mol. The lowest BCUT2D eigenvalue weighted by Gasteiger charge is -2.09. The number of nitrogens with two attached hydrogens (primary N) is 1. The molecule has 0 radical (unpaired) electrons. The summed E-state index contributed by atoms with van der Waals surface area (Å²) in [7, 11) is 1.51. The molecule has 0 spiro atoms. The number of hydrogen-bond acceptors (Lipinski definition) is 5. The highest BCUT2D eigenvalue weighted by Gasteiger charge is 2.18. The van der Waals surface area contributed by atoms with Crippen LogP contribution in [0.3, 0.4) is 0 Å². The summed E-state index contributed by atoms with van der Waals surface area (Å²) in [5, 5.41) is 11.1. The largest absolute Gasteiger partial charge is 0.497 e. The zero-order chi connectivity index (χ0) is 13.8. The Hall–Kier alpha value is -2.41. The molecule has 1 aromatic carbocycles. The summed E-state index contributed by atoms with van der Waals surface area (Å²) >= 11 is 0. The molecule has 2 N–H and O–H groups in total. The maximum absolute atomic E-state index is 11.1. The Labute approximate surface area is 109 Å². The molecule has 0 bridgehead atoms. The second kappa shape index (κ2) is 5.49. The fourth-order valence-electron chi connectivity index (χ4n) is 1.85. The van der Waals surface area contributed by atoms with Crippen LogP contribution in [0, 0.1) is 10.1 Å². The molecule has 0 fully saturated rings. The van der Waals surface area contributed by atoms with Crippen molar-refractivity contribution in [1.29, 1.82) is 0 Å². The van der Waals surface area contributed by atoms with Crippen molar-refractivity contribution in [2.75, 3.05) is 13.7 Å². The minimum absolute atomic E-state index is 0.00271. The van der Waals surface area contributed by atoms with Crippen LogP contribution in [-0.4, -0.2) is 28.1 Å². The molecule has 2 rings (SSSR count). The molecule has 0 aliphatic heterocycles. The maximum atomic E-state index is 11.1. The number of ether oxygens (including phenoxy) is 1. The standard InChI is InChI=1S/C12H14N4O3/c1-19-9-2-3-10(16(17)18)11(8-9)15-7-6-14-12(15)4-5-13/h2-3,6-8H,4-5,13H2,1H3. The van der Waals surface area contributed by atoms with E-state index in [1.807, 2.05) is 0 Å². The van der Waals surface area contributed by atoms with E-state index in [9.17, 15) is 10.1 Å². The monoisotopic (exact) mass is 262 g/mol. The van der Waals surface area contributed by atoms with Crippen molar-refractivity contribution < 1.29 is 9.66 Å². The topological polar surface area (TPSA) is 96.2 Å². The van der Waals surface area contributed by atoms with E-state index in [0.717, 1.165) is 0 Å². The summed E-state index contributed by atoms with van der Waals surface area (Å²) in [5.74, 6) is 1.23. The lowest BCUT2D eigenvalue weighted by atomic mass is 10.2. The fourth-order valence-corrected chi connectivity index (χ4v) is 1.85. The second-order valence-electron chi connectivity index (χ2n) is 3.86. The zero-order valence-corrected chi connectivity index (χ0v) is 10.4. The molecule has 2 aromatic rings. The normalized spacial score (nSPS) is 10.4. The molecule has 0 unspecified atom stereocenters. The molecule has 100 valence electrons. The van der Waals surface area contributed by atoms with Crippen LogP contribution in [0.4, 0.5) is 5.69 Å². The fraction of sp³-hybridized carbons (Fsp3) is 0.250. The van der Waals surface area contributed by atoms with E-state index in [1.165, 1.54) is 13.2 Å². The predicted molar refractivity (Wildman–Crippen MR) is 69.5 cm³/mol. The summed E-state index contributed by atoms with van der Waals surface area (Å²) < 4.78 is 6.77. The van der Waals surface area contributed by atoms with Gasteiger partial charge in [-0.1, -0.05) is 0 Å². The predicted octanol–water partition coefficient (Wildman–Crippen LogP) is 1.29. The van der Waals surface area contributed by atoms with Crippen LogP contribution in [0.25, 0.3) is 5.69 Å². The van der Waals surface area contributed by atoms with Crippen LogP contribution in [0.5, 0.6) is 5.75 Å². The van der Waals surface area contributed by atoms with Crippen molar-refractivity contribution in [2.45, 2.75) is 6.42 Å². The first-order valence-electron chi connectivity index (χ1n) is 5.72.